The smallest absolute Gasteiger partial charge is 0.0948 e. The highest BCUT2D eigenvalue weighted by atomic mass is 15.2. The van der Waals surface area contributed by atoms with E-state index in [0.29, 0.717) is 0 Å². The fraction of sp³-hybridized carbons (Fsp3) is 0.800. The summed E-state index contributed by atoms with van der Waals surface area (Å²) < 4.78 is 2.35. The zero-order valence-corrected chi connectivity index (χ0v) is 12.7. The molecule has 19 heavy (non-hydrogen) atoms. The molecule has 1 fully saturated rings. The zero-order chi connectivity index (χ0) is 13.7. The van der Waals surface area contributed by atoms with E-state index in [9.17, 15) is 0 Å². The second-order valence-electron chi connectivity index (χ2n) is 5.89. The first-order valence-electron chi connectivity index (χ1n) is 7.63. The van der Waals surface area contributed by atoms with Gasteiger partial charge in [0.2, 0.25) is 0 Å². The summed E-state index contributed by atoms with van der Waals surface area (Å²) in [5, 5.41) is 3.47. The largest absolute Gasteiger partial charge is 0.333 e. The minimum atomic E-state index is 0.262. The molecule has 0 aliphatic carbocycles. The number of rotatable bonds is 7. The third-order valence-electron chi connectivity index (χ3n) is 4.34. The Labute approximate surface area is 117 Å². The average molecular weight is 264 g/mol. The highest BCUT2D eigenvalue weighted by Crippen LogP contribution is 2.29. The van der Waals surface area contributed by atoms with Gasteiger partial charge in [-0.2, -0.15) is 0 Å². The van der Waals surface area contributed by atoms with E-state index in [1.54, 1.807) is 0 Å². The van der Waals surface area contributed by atoms with Gasteiger partial charge in [0.05, 0.1) is 6.33 Å². The molecule has 108 valence electrons. The standard InChI is InChI=1S/C15H28N4/c1-4-8-18(5-2)9-10-19-13-17-11-14(19)15(3)6-7-16-12-15/h11,13,16H,4-10,12H2,1-3H3. The number of hydrogen-bond acceptors (Lipinski definition) is 3. The number of imidazole rings is 1. The van der Waals surface area contributed by atoms with Gasteiger partial charge in [-0.25, -0.2) is 4.98 Å². The van der Waals surface area contributed by atoms with E-state index in [2.05, 4.69) is 46.7 Å². The highest BCUT2D eigenvalue weighted by molar-refractivity contribution is 5.17. The van der Waals surface area contributed by atoms with Crippen LogP contribution >= 0.6 is 0 Å². The lowest BCUT2D eigenvalue weighted by Crippen LogP contribution is -2.31. The van der Waals surface area contributed by atoms with Crippen LogP contribution in [0.2, 0.25) is 0 Å². The molecule has 1 atom stereocenters. The molecule has 1 aromatic heterocycles. The van der Waals surface area contributed by atoms with Crippen molar-refractivity contribution in [2.24, 2.45) is 0 Å². The Morgan fingerprint density at radius 3 is 2.89 bits per heavy atom. The Hall–Kier alpha value is -0.870. The minimum absolute atomic E-state index is 0.262. The Morgan fingerprint density at radius 1 is 1.42 bits per heavy atom. The van der Waals surface area contributed by atoms with Crippen LogP contribution in [0.15, 0.2) is 12.5 Å². The Kier molecular flexibility index (Phi) is 4.99. The van der Waals surface area contributed by atoms with Crippen molar-refractivity contribution in [1.29, 1.82) is 0 Å². The Bertz CT molecular complexity index is 379. The summed E-state index contributed by atoms with van der Waals surface area (Å²) in [6.45, 7) is 13.5. The van der Waals surface area contributed by atoms with Gasteiger partial charge < -0.3 is 14.8 Å². The van der Waals surface area contributed by atoms with Crippen LogP contribution in [0.1, 0.15) is 39.3 Å². The fourth-order valence-corrected chi connectivity index (χ4v) is 3.03. The summed E-state index contributed by atoms with van der Waals surface area (Å²) in [4.78, 5) is 6.89. The van der Waals surface area contributed by atoms with Crippen LogP contribution < -0.4 is 5.32 Å². The quantitative estimate of drug-likeness (QED) is 0.816. The lowest BCUT2D eigenvalue weighted by Gasteiger charge is -2.26. The van der Waals surface area contributed by atoms with Gasteiger partial charge in [0.1, 0.15) is 0 Å². The molecular weight excluding hydrogens is 236 g/mol. The topological polar surface area (TPSA) is 33.1 Å². The van der Waals surface area contributed by atoms with Crippen LogP contribution in [-0.4, -0.2) is 47.2 Å². The van der Waals surface area contributed by atoms with Crippen LogP contribution in [0.5, 0.6) is 0 Å². The van der Waals surface area contributed by atoms with Crippen molar-refractivity contribution in [2.45, 2.75) is 45.6 Å². The lowest BCUT2D eigenvalue weighted by atomic mass is 9.86. The number of nitrogens with zero attached hydrogens (tertiary/aromatic N) is 3. The summed E-state index contributed by atoms with van der Waals surface area (Å²) in [7, 11) is 0. The molecule has 1 unspecified atom stereocenters. The van der Waals surface area contributed by atoms with Crippen molar-refractivity contribution >= 4 is 0 Å². The molecule has 1 aliphatic heterocycles. The van der Waals surface area contributed by atoms with Gasteiger partial charge in [0, 0.05) is 36.9 Å². The monoisotopic (exact) mass is 264 g/mol. The molecule has 2 heterocycles. The van der Waals surface area contributed by atoms with Gasteiger partial charge in [0.15, 0.2) is 0 Å². The summed E-state index contributed by atoms with van der Waals surface area (Å²) in [5.74, 6) is 0. The van der Waals surface area contributed by atoms with Gasteiger partial charge in [0.25, 0.3) is 0 Å². The first-order chi connectivity index (χ1) is 9.19. The first-order valence-corrected chi connectivity index (χ1v) is 7.63. The molecule has 0 spiro atoms. The van der Waals surface area contributed by atoms with Gasteiger partial charge in [-0.05, 0) is 32.5 Å². The van der Waals surface area contributed by atoms with Crippen LogP contribution in [0, 0.1) is 0 Å². The number of nitrogens with one attached hydrogen (secondary N) is 1. The van der Waals surface area contributed by atoms with E-state index in [1.165, 1.54) is 25.1 Å². The number of hydrogen-bond donors (Lipinski definition) is 1. The van der Waals surface area contributed by atoms with Crippen molar-refractivity contribution in [1.82, 2.24) is 19.8 Å². The Morgan fingerprint density at radius 2 is 2.26 bits per heavy atom. The predicted octanol–water partition coefficient (Wildman–Crippen LogP) is 1.87. The second kappa shape index (κ2) is 6.53. The van der Waals surface area contributed by atoms with E-state index < -0.39 is 0 Å². The maximum Gasteiger partial charge on any atom is 0.0948 e. The lowest BCUT2D eigenvalue weighted by molar-refractivity contribution is 0.273. The van der Waals surface area contributed by atoms with Crippen LogP contribution in [0.25, 0.3) is 0 Å². The summed E-state index contributed by atoms with van der Waals surface area (Å²) >= 11 is 0. The molecule has 4 nitrogen and oxygen atoms in total. The van der Waals surface area contributed by atoms with E-state index in [1.807, 2.05) is 6.33 Å². The second-order valence-corrected chi connectivity index (χ2v) is 5.89. The predicted molar refractivity (Wildman–Crippen MR) is 79.5 cm³/mol. The molecular formula is C15H28N4. The van der Waals surface area contributed by atoms with Crippen molar-refractivity contribution in [2.75, 3.05) is 32.7 Å². The third-order valence-corrected chi connectivity index (χ3v) is 4.34. The van der Waals surface area contributed by atoms with Gasteiger partial charge in [-0.1, -0.05) is 20.8 Å². The summed E-state index contributed by atoms with van der Waals surface area (Å²) in [6, 6.07) is 0. The zero-order valence-electron chi connectivity index (χ0n) is 12.7. The molecule has 2 rings (SSSR count). The van der Waals surface area contributed by atoms with Gasteiger partial charge >= 0.3 is 0 Å². The SMILES string of the molecule is CCCN(CC)CCn1cncc1C1(C)CCNC1. The highest BCUT2D eigenvalue weighted by Gasteiger charge is 2.33. The van der Waals surface area contributed by atoms with E-state index in [-0.39, 0.29) is 5.41 Å². The van der Waals surface area contributed by atoms with Crippen LogP contribution in [-0.2, 0) is 12.0 Å². The van der Waals surface area contributed by atoms with Crippen LogP contribution in [0.3, 0.4) is 0 Å². The van der Waals surface area contributed by atoms with Gasteiger partial charge in [-0.15, -0.1) is 0 Å². The molecule has 0 aromatic carbocycles. The molecule has 4 heteroatoms. The maximum absolute atomic E-state index is 4.38. The van der Waals surface area contributed by atoms with E-state index >= 15 is 0 Å². The molecule has 1 aliphatic rings. The first kappa shape index (κ1) is 14.5. The fourth-order valence-electron chi connectivity index (χ4n) is 3.03. The molecule has 0 bridgehead atoms. The van der Waals surface area contributed by atoms with E-state index in [4.69, 9.17) is 0 Å². The Balaban J connectivity index is 1.99. The maximum atomic E-state index is 4.38. The summed E-state index contributed by atoms with van der Waals surface area (Å²) in [6.07, 6.45) is 6.50. The molecule has 0 radical (unpaired) electrons. The van der Waals surface area contributed by atoms with Crippen molar-refractivity contribution in [3.8, 4) is 0 Å². The van der Waals surface area contributed by atoms with Gasteiger partial charge in [-0.3, -0.25) is 0 Å². The van der Waals surface area contributed by atoms with Crippen molar-refractivity contribution in [3.05, 3.63) is 18.2 Å². The molecule has 0 amide bonds. The van der Waals surface area contributed by atoms with Crippen molar-refractivity contribution < 1.29 is 0 Å². The number of likely N-dealkylation sites (N-methyl/N-ethyl adjacent to an activating group) is 1. The summed E-state index contributed by atoms with van der Waals surface area (Å²) in [5.41, 5.74) is 1.66. The molecule has 0 saturated carbocycles. The van der Waals surface area contributed by atoms with E-state index in [0.717, 1.165) is 32.7 Å². The molecule has 1 N–H and O–H groups in total. The number of aromatic nitrogens is 2. The average Bonchev–Trinajstić information content (AvgIpc) is 3.04. The minimum Gasteiger partial charge on any atom is -0.333 e. The van der Waals surface area contributed by atoms with Crippen molar-refractivity contribution in [3.63, 3.8) is 0 Å². The molecule has 1 aromatic rings. The molecule has 1 saturated heterocycles. The van der Waals surface area contributed by atoms with Crippen LogP contribution in [0.4, 0.5) is 0 Å². The third kappa shape index (κ3) is 3.37. The normalized spacial score (nSPS) is 23.4.